The van der Waals surface area contributed by atoms with Crippen LogP contribution in [0.1, 0.15) is 40.0 Å². The Balaban J connectivity index is 1.98. The summed E-state index contributed by atoms with van der Waals surface area (Å²) in [4.78, 5) is 8.43. The molecule has 5 heteroatoms. The lowest BCUT2D eigenvalue weighted by atomic mass is 9.92. The summed E-state index contributed by atoms with van der Waals surface area (Å²) < 4.78 is 0. The molecule has 106 valence electrons. The lowest BCUT2D eigenvalue weighted by molar-refractivity contribution is 0.380. The quantitative estimate of drug-likeness (QED) is 0.705. The van der Waals surface area contributed by atoms with Gasteiger partial charge >= 0.3 is 0 Å². The van der Waals surface area contributed by atoms with Crippen LogP contribution in [0.25, 0.3) is 0 Å². The van der Waals surface area contributed by atoms with Gasteiger partial charge in [0.15, 0.2) is 0 Å². The third-order valence-corrected chi connectivity index (χ3v) is 4.04. The summed E-state index contributed by atoms with van der Waals surface area (Å²) >= 11 is 0. The van der Waals surface area contributed by atoms with Gasteiger partial charge in [-0.05, 0) is 30.6 Å². The van der Waals surface area contributed by atoms with Crippen molar-refractivity contribution in [3.8, 4) is 0 Å². The van der Waals surface area contributed by atoms with Crippen molar-refractivity contribution in [2.45, 2.75) is 40.0 Å². The number of aromatic nitrogens is 2. The third kappa shape index (κ3) is 3.49. The topological polar surface area (TPSA) is 75.9 Å². The Morgan fingerprint density at radius 2 is 1.89 bits per heavy atom. The van der Waals surface area contributed by atoms with Crippen molar-refractivity contribution in [2.24, 2.45) is 11.3 Å². The van der Waals surface area contributed by atoms with Gasteiger partial charge in [-0.25, -0.2) is 0 Å². The highest BCUT2D eigenvalue weighted by Gasteiger charge is 2.44. The zero-order valence-electron chi connectivity index (χ0n) is 12.2. The SMILES string of the molecule is CCCNc1cc(NCC2(C(C)C)CC2)nc(N)n1. The average Bonchev–Trinajstić information content (AvgIpc) is 3.14. The van der Waals surface area contributed by atoms with Crippen LogP contribution in [0.4, 0.5) is 17.6 Å². The second-order valence-corrected chi connectivity index (χ2v) is 5.79. The van der Waals surface area contributed by atoms with Crippen molar-refractivity contribution < 1.29 is 0 Å². The molecule has 19 heavy (non-hydrogen) atoms. The molecule has 0 atom stereocenters. The lowest BCUT2D eigenvalue weighted by Gasteiger charge is -2.20. The van der Waals surface area contributed by atoms with Crippen molar-refractivity contribution in [1.82, 2.24) is 9.97 Å². The van der Waals surface area contributed by atoms with Gasteiger partial charge in [0.25, 0.3) is 0 Å². The Hall–Kier alpha value is -1.52. The highest BCUT2D eigenvalue weighted by molar-refractivity contribution is 5.51. The van der Waals surface area contributed by atoms with Gasteiger partial charge in [-0.1, -0.05) is 20.8 Å². The first-order chi connectivity index (χ1) is 9.05. The summed E-state index contributed by atoms with van der Waals surface area (Å²) in [6.45, 7) is 8.56. The summed E-state index contributed by atoms with van der Waals surface area (Å²) in [5, 5.41) is 6.66. The Labute approximate surface area is 115 Å². The maximum absolute atomic E-state index is 5.74. The maximum atomic E-state index is 5.74. The number of nitrogens with zero attached hydrogens (tertiary/aromatic N) is 2. The van der Waals surface area contributed by atoms with Crippen LogP contribution >= 0.6 is 0 Å². The molecule has 0 saturated heterocycles. The van der Waals surface area contributed by atoms with Crippen LogP contribution < -0.4 is 16.4 Å². The summed E-state index contributed by atoms with van der Waals surface area (Å²) in [5.74, 6) is 2.64. The Bertz CT molecular complexity index is 426. The van der Waals surface area contributed by atoms with Crippen LogP contribution in [0.15, 0.2) is 6.07 Å². The van der Waals surface area contributed by atoms with Gasteiger partial charge in [0.1, 0.15) is 11.6 Å². The Morgan fingerprint density at radius 3 is 2.42 bits per heavy atom. The van der Waals surface area contributed by atoms with E-state index in [4.69, 9.17) is 5.73 Å². The molecular weight excluding hydrogens is 238 g/mol. The minimum atomic E-state index is 0.318. The molecule has 0 bridgehead atoms. The minimum Gasteiger partial charge on any atom is -0.370 e. The molecule has 1 aliphatic rings. The van der Waals surface area contributed by atoms with E-state index in [0.29, 0.717) is 17.3 Å². The average molecular weight is 263 g/mol. The van der Waals surface area contributed by atoms with E-state index < -0.39 is 0 Å². The third-order valence-electron chi connectivity index (χ3n) is 4.04. The van der Waals surface area contributed by atoms with Crippen molar-refractivity contribution in [1.29, 1.82) is 0 Å². The molecular formula is C14H25N5. The molecule has 2 rings (SSSR count). The van der Waals surface area contributed by atoms with Crippen LogP contribution in [-0.2, 0) is 0 Å². The standard InChI is InChI=1S/C14H25N5/c1-4-7-16-11-8-12(19-13(15)18-11)17-9-14(5-6-14)10(2)3/h8,10H,4-7,9H2,1-3H3,(H4,15,16,17,18,19). The number of anilines is 3. The Kier molecular flexibility index (Phi) is 4.12. The zero-order chi connectivity index (χ0) is 13.9. The molecule has 0 spiro atoms. The lowest BCUT2D eigenvalue weighted by Crippen LogP contribution is -2.21. The number of nitrogens with one attached hydrogen (secondary N) is 2. The molecule has 5 nitrogen and oxygen atoms in total. The fourth-order valence-corrected chi connectivity index (χ4v) is 2.29. The molecule has 0 aromatic carbocycles. The van der Waals surface area contributed by atoms with Gasteiger partial charge < -0.3 is 16.4 Å². The molecule has 0 aliphatic heterocycles. The van der Waals surface area contributed by atoms with Crippen molar-refractivity contribution in [3.05, 3.63) is 6.07 Å². The second-order valence-electron chi connectivity index (χ2n) is 5.79. The van der Waals surface area contributed by atoms with Crippen molar-refractivity contribution >= 4 is 17.6 Å². The van der Waals surface area contributed by atoms with Crippen LogP contribution in [0.3, 0.4) is 0 Å². The largest absolute Gasteiger partial charge is 0.370 e. The molecule has 1 fully saturated rings. The van der Waals surface area contributed by atoms with Gasteiger partial charge in [0.2, 0.25) is 5.95 Å². The maximum Gasteiger partial charge on any atom is 0.223 e. The predicted molar refractivity (Wildman–Crippen MR) is 80.2 cm³/mol. The minimum absolute atomic E-state index is 0.318. The van der Waals surface area contributed by atoms with Gasteiger partial charge in [0.05, 0.1) is 0 Å². The van der Waals surface area contributed by atoms with Gasteiger partial charge in [-0.3, -0.25) is 0 Å². The van der Waals surface area contributed by atoms with Crippen LogP contribution in [0, 0.1) is 11.3 Å². The van der Waals surface area contributed by atoms with E-state index in [9.17, 15) is 0 Å². The van der Waals surface area contributed by atoms with E-state index in [2.05, 4.69) is 41.4 Å². The fraction of sp³-hybridized carbons (Fsp3) is 0.714. The van der Waals surface area contributed by atoms with Gasteiger partial charge in [0, 0.05) is 19.2 Å². The normalized spacial score (nSPS) is 16.4. The molecule has 1 aromatic rings. The predicted octanol–water partition coefficient (Wildman–Crippen LogP) is 2.73. The summed E-state index contributed by atoms with van der Waals surface area (Å²) in [5.41, 5.74) is 6.20. The zero-order valence-corrected chi connectivity index (χ0v) is 12.2. The molecule has 0 radical (unpaired) electrons. The van der Waals surface area contributed by atoms with E-state index in [-0.39, 0.29) is 0 Å². The highest BCUT2D eigenvalue weighted by Crippen LogP contribution is 2.51. The summed E-state index contributed by atoms with van der Waals surface area (Å²) in [7, 11) is 0. The highest BCUT2D eigenvalue weighted by atomic mass is 15.1. The number of hydrogen-bond acceptors (Lipinski definition) is 5. The number of nitrogen functional groups attached to an aromatic ring is 1. The smallest absolute Gasteiger partial charge is 0.223 e. The number of nitrogens with two attached hydrogens (primary N) is 1. The van der Waals surface area contributed by atoms with Crippen LogP contribution in [0.2, 0.25) is 0 Å². The van der Waals surface area contributed by atoms with Crippen LogP contribution in [0.5, 0.6) is 0 Å². The molecule has 1 aliphatic carbocycles. The van der Waals surface area contributed by atoms with E-state index >= 15 is 0 Å². The van der Waals surface area contributed by atoms with E-state index in [1.165, 1.54) is 12.8 Å². The first-order valence-corrected chi connectivity index (χ1v) is 7.18. The molecule has 1 heterocycles. The number of rotatable bonds is 7. The monoisotopic (exact) mass is 263 g/mol. The van der Waals surface area contributed by atoms with E-state index in [1.807, 2.05) is 6.07 Å². The molecule has 0 unspecified atom stereocenters. The second kappa shape index (κ2) is 5.63. The molecule has 1 aromatic heterocycles. The molecule has 4 N–H and O–H groups in total. The Morgan fingerprint density at radius 1 is 1.26 bits per heavy atom. The van der Waals surface area contributed by atoms with Crippen LogP contribution in [-0.4, -0.2) is 23.1 Å². The first-order valence-electron chi connectivity index (χ1n) is 7.18. The van der Waals surface area contributed by atoms with Gasteiger partial charge in [-0.2, -0.15) is 9.97 Å². The molecule has 0 amide bonds. The first kappa shape index (κ1) is 13.9. The van der Waals surface area contributed by atoms with E-state index in [1.54, 1.807) is 0 Å². The van der Waals surface area contributed by atoms with E-state index in [0.717, 1.165) is 31.1 Å². The number of hydrogen-bond donors (Lipinski definition) is 3. The summed E-state index contributed by atoms with van der Waals surface area (Å²) in [6.07, 6.45) is 3.67. The van der Waals surface area contributed by atoms with Gasteiger partial charge in [-0.15, -0.1) is 0 Å². The summed E-state index contributed by atoms with van der Waals surface area (Å²) in [6, 6.07) is 1.93. The van der Waals surface area contributed by atoms with Crippen molar-refractivity contribution in [2.75, 3.05) is 29.5 Å². The molecule has 1 saturated carbocycles. The fourth-order valence-electron chi connectivity index (χ4n) is 2.29. The van der Waals surface area contributed by atoms with Crippen molar-refractivity contribution in [3.63, 3.8) is 0 Å².